The number of ether oxygens (including phenoxy) is 1. The number of aryl methyl sites for hydroxylation is 1. The maximum atomic E-state index is 6.84. The molecular formula is C29H31BN4O3S. The number of thiazole rings is 1. The summed E-state index contributed by atoms with van der Waals surface area (Å²) in [6.45, 7) is 9.06. The normalized spacial score (nSPS) is 27.3. The zero-order valence-electron chi connectivity index (χ0n) is 22.3. The molecule has 2 aromatic heterocycles. The van der Waals surface area contributed by atoms with Crippen molar-refractivity contribution in [2.75, 3.05) is 12.8 Å². The molecule has 1 aliphatic heterocycles. The van der Waals surface area contributed by atoms with Gasteiger partial charge in [-0.25, -0.2) is 4.98 Å². The predicted octanol–water partition coefficient (Wildman–Crippen LogP) is 5.25. The van der Waals surface area contributed by atoms with Gasteiger partial charge in [-0.05, 0) is 73.3 Å². The molecule has 38 heavy (non-hydrogen) atoms. The van der Waals surface area contributed by atoms with Gasteiger partial charge >= 0.3 is 7.12 Å². The Morgan fingerprint density at radius 2 is 1.95 bits per heavy atom. The molecule has 3 aliphatic carbocycles. The Morgan fingerprint density at radius 3 is 2.68 bits per heavy atom. The van der Waals surface area contributed by atoms with Gasteiger partial charge in [0.2, 0.25) is 0 Å². The predicted molar refractivity (Wildman–Crippen MR) is 152 cm³/mol. The number of rotatable bonds is 4. The highest BCUT2D eigenvalue weighted by molar-refractivity contribution is 7.15. The van der Waals surface area contributed by atoms with Crippen LogP contribution >= 0.6 is 11.3 Å². The SMILES string of the molecule is COc1cc(-c2ncc(C)s2)c(-c2ccc3c(N)cnnc3c2)cc1B1OC2CC3CC(C3(C)C)C2(C)O1. The first-order chi connectivity index (χ1) is 18.2. The summed E-state index contributed by atoms with van der Waals surface area (Å²) in [6, 6.07) is 10.3. The Labute approximate surface area is 226 Å². The van der Waals surface area contributed by atoms with E-state index < -0.39 is 7.12 Å². The Morgan fingerprint density at radius 1 is 1.11 bits per heavy atom. The molecule has 0 radical (unpaired) electrons. The first-order valence-electron chi connectivity index (χ1n) is 13.2. The van der Waals surface area contributed by atoms with Crippen molar-refractivity contribution in [2.45, 2.75) is 52.2 Å². The summed E-state index contributed by atoms with van der Waals surface area (Å²) in [5.74, 6) is 1.91. The molecule has 8 rings (SSSR count). The van der Waals surface area contributed by atoms with Gasteiger partial charge in [0.25, 0.3) is 0 Å². The molecular weight excluding hydrogens is 495 g/mol. The van der Waals surface area contributed by atoms with E-state index in [1.54, 1.807) is 24.6 Å². The third-order valence-electron chi connectivity index (χ3n) is 9.41. The molecule has 4 unspecified atom stereocenters. The fraction of sp³-hybridized carbons (Fsp3) is 0.414. The minimum Gasteiger partial charge on any atom is -0.497 e. The molecule has 3 saturated carbocycles. The van der Waals surface area contributed by atoms with E-state index in [1.807, 2.05) is 18.3 Å². The monoisotopic (exact) mass is 526 g/mol. The van der Waals surface area contributed by atoms with Crippen molar-refractivity contribution < 1.29 is 14.0 Å². The number of nitrogens with zero attached hydrogens (tertiary/aromatic N) is 3. The first kappa shape index (κ1) is 24.1. The molecule has 0 amide bonds. The van der Waals surface area contributed by atoms with Crippen LogP contribution in [0.25, 0.3) is 32.6 Å². The third-order valence-corrected chi connectivity index (χ3v) is 10.4. The Kier molecular flexibility index (Phi) is 5.22. The zero-order valence-corrected chi connectivity index (χ0v) is 23.1. The smallest absolute Gasteiger partial charge is 0.497 e. The molecule has 3 heterocycles. The van der Waals surface area contributed by atoms with Gasteiger partial charge in [0.1, 0.15) is 10.8 Å². The lowest BCUT2D eigenvalue weighted by atomic mass is 9.43. The Bertz CT molecular complexity index is 1590. The van der Waals surface area contributed by atoms with Crippen LogP contribution in [0.2, 0.25) is 0 Å². The fourth-order valence-corrected chi connectivity index (χ4v) is 7.89. The lowest BCUT2D eigenvalue weighted by Gasteiger charge is -2.64. The lowest BCUT2D eigenvalue weighted by Crippen LogP contribution is -2.65. The minimum absolute atomic E-state index is 0.0811. The van der Waals surface area contributed by atoms with Gasteiger partial charge in [-0.1, -0.05) is 26.0 Å². The molecule has 4 atom stereocenters. The second kappa shape index (κ2) is 8.25. The average Bonchev–Trinajstić information content (AvgIpc) is 3.50. The van der Waals surface area contributed by atoms with Gasteiger partial charge in [0.15, 0.2) is 0 Å². The van der Waals surface area contributed by atoms with Crippen LogP contribution in [0, 0.1) is 24.2 Å². The largest absolute Gasteiger partial charge is 0.498 e. The van der Waals surface area contributed by atoms with Gasteiger partial charge in [0.05, 0.1) is 36.2 Å². The van der Waals surface area contributed by atoms with Crippen LogP contribution < -0.4 is 15.9 Å². The van der Waals surface area contributed by atoms with Gasteiger partial charge in [-0.15, -0.1) is 11.3 Å². The topological polar surface area (TPSA) is 92.4 Å². The van der Waals surface area contributed by atoms with Crippen LogP contribution in [0.1, 0.15) is 38.5 Å². The Hall–Kier alpha value is -3.01. The number of fused-ring (bicyclic) bond motifs is 1. The van der Waals surface area contributed by atoms with E-state index in [0.717, 1.165) is 55.1 Å². The molecule has 2 bridgehead atoms. The van der Waals surface area contributed by atoms with E-state index >= 15 is 0 Å². The maximum Gasteiger partial charge on any atom is 0.498 e. The van der Waals surface area contributed by atoms with Crippen LogP contribution in [-0.2, 0) is 9.31 Å². The third kappa shape index (κ3) is 3.38. The number of aromatic nitrogens is 3. The van der Waals surface area contributed by atoms with E-state index in [4.69, 9.17) is 24.8 Å². The van der Waals surface area contributed by atoms with Gasteiger partial charge in [0, 0.05) is 27.5 Å². The fourth-order valence-electron chi connectivity index (χ4n) is 7.10. The summed E-state index contributed by atoms with van der Waals surface area (Å²) in [7, 11) is 1.20. The molecule has 7 nitrogen and oxygen atoms in total. The van der Waals surface area contributed by atoms with Crippen LogP contribution in [0.15, 0.2) is 42.7 Å². The number of hydrogen-bond donors (Lipinski definition) is 1. The molecule has 4 aromatic rings. The number of nitrogens with two attached hydrogens (primary N) is 1. The summed E-state index contributed by atoms with van der Waals surface area (Å²) in [4.78, 5) is 5.85. The second-order valence-electron chi connectivity index (χ2n) is 11.7. The van der Waals surface area contributed by atoms with E-state index in [2.05, 4.69) is 56.1 Å². The number of methoxy groups -OCH3 is 1. The molecule has 4 aliphatic rings. The van der Waals surface area contributed by atoms with Gasteiger partial charge in [-0.2, -0.15) is 10.2 Å². The van der Waals surface area contributed by atoms with Crippen molar-refractivity contribution in [3.05, 3.63) is 47.6 Å². The van der Waals surface area contributed by atoms with Crippen molar-refractivity contribution >= 4 is 40.5 Å². The van der Waals surface area contributed by atoms with E-state index in [0.29, 0.717) is 17.5 Å². The van der Waals surface area contributed by atoms with Crippen molar-refractivity contribution in [1.82, 2.24) is 15.2 Å². The summed E-state index contributed by atoms with van der Waals surface area (Å²) in [5, 5.41) is 10.2. The number of anilines is 1. The molecule has 4 fully saturated rings. The van der Waals surface area contributed by atoms with E-state index in [9.17, 15) is 0 Å². The molecule has 0 spiro atoms. The highest BCUT2D eigenvalue weighted by Gasteiger charge is 2.68. The molecule has 1 saturated heterocycles. The number of nitrogen functional groups attached to an aromatic ring is 1. The summed E-state index contributed by atoms with van der Waals surface area (Å²) in [6.07, 6.45) is 5.81. The molecule has 9 heteroatoms. The van der Waals surface area contributed by atoms with Gasteiger partial charge in [-0.3, -0.25) is 0 Å². The Balaban J connectivity index is 1.37. The highest BCUT2D eigenvalue weighted by Crippen LogP contribution is 2.65. The van der Waals surface area contributed by atoms with Gasteiger partial charge < -0.3 is 19.8 Å². The maximum absolute atomic E-state index is 6.84. The molecule has 2 aromatic carbocycles. The average molecular weight is 526 g/mol. The van der Waals surface area contributed by atoms with Crippen LogP contribution in [0.3, 0.4) is 0 Å². The lowest BCUT2D eigenvalue weighted by molar-refractivity contribution is -0.199. The summed E-state index contributed by atoms with van der Waals surface area (Å²) in [5.41, 5.74) is 11.4. The summed E-state index contributed by atoms with van der Waals surface area (Å²) < 4.78 is 19.4. The van der Waals surface area contributed by atoms with Crippen molar-refractivity contribution in [1.29, 1.82) is 0 Å². The molecule has 194 valence electrons. The van der Waals surface area contributed by atoms with Crippen molar-refractivity contribution in [2.24, 2.45) is 17.3 Å². The van der Waals surface area contributed by atoms with Crippen LogP contribution in [0.4, 0.5) is 5.69 Å². The summed E-state index contributed by atoms with van der Waals surface area (Å²) >= 11 is 1.66. The molecule has 2 N–H and O–H groups in total. The zero-order chi connectivity index (χ0) is 26.4. The quantitative estimate of drug-likeness (QED) is 0.363. The number of hydrogen-bond acceptors (Lipinski definition) is 8. The van der Waals surface area contributed by atoms with E-state index in [-0.39, 0.29) is 17.1 Å². The van der Waals surface area contributed by atoms with Crippen LogP contribution in [-0.4, -0.2) is 41.1 Å². The number of benzene rings is 2. The van der Waals surface area contributed by atoms with E-state index in [1.165, 1.54) is 6.42 Å². The minimum atomic E-state index is -0.503. The first-order valence-corrected chi connectivity index (χ1v) is 14.0. The highest BCUT2D eigenvalue weighted by atomic mass is 32.1. The van der Waals surface area contributed by atoms with Crippen molar-refractivity contribution in [3.63, 3.8) is 0 Å². The standard InChI is InChI=1S/C29H31BN4O3S/c1-15-13-32-27(38-15)20-12-24(35-5)21(11-19(20)16-6-7-18-22(31)14-33-34-23(18)8-16)30-36-26-10-17-9-25(28(17,2)3)29(26,4)37-30/h6-8,11-14,17,25-26H,9-10H2,1-5H3,(H2,31,34). The van der Waals surface area contributed by atoms with Crippen molar-refractivity contribution in [3.8, 4) is 27.4 Å². The second-order valence-corrected chi connectivity index (χ2v) is 13.0. The van der Waals surface area contributed by atoms with Crippen LogP contribution in [0.5, 0.6) is 5.75 Å².